The highest BCUT2D eigenvalue weighted by atomic mass is 19.1. The molecule has 4 aromatic rings. The van der Waals surface area contributed by atoms with Gasteiger partial charge in [0.15, 0.2) is 6.10 Å². The lowest BCUT2D eigenvalue weighted by atomic mass is 9.97. The first kappa shape index (κ1) is 28.5. The summed E-state index contributed by atoms with van der Waals surface area (Å²) in [6.07, 6.45) is -1.52. The number of aliphatic hydroxyl groups is 1. The Balaban J connectivity index is 1.52. The van der Waals surface area contributed by atoms with Gasteiger partial charge in [-0.15, -0.1) is 0 Å². The fourth-order valence-corrected chi connectivity index (χ4v) is 4.34. The third-order valence-corrected chi connectivity index (χ3v) is 6.27. The average molecular weight is 546 g/mol. The van der Waals surface area contributed by atoms with Gasteiger partial charge in [-0.25, -0.2) is 9.18 Å². The lowest BCUT2D eigenvalue weighted by molar-refractivity contribution is -0.158. The minimum Gasteiger partial charge on any atom is -0.496 e. The van der Waals surface area contributed by atoms with E-state index in [1.165, 1.54) is 31.4 Å². The molecule has 0 radical (unpaired) electrons. The van der Waals surface area contributed by atoms with Gasteiger partial charge < -0.3 is 19.9 Å². The molecule has 40 heavy (non-hydrogen) atoms. The SMILES string of the molecule is COc1ccc(F)cc1-c1cc(C(=O)NC(Cc2ccc(-c3ccccc3)cc2)CC(O)C(=O)OC(C)C)[nH]n1. The van der Waals surface area contributed by atoms with Crippen molar-refractivity contribution in [1.29, 1.82) is 0 Å². The van der Waals surface area contributed by atoms with Gasteiger partial charge in [0.2, 0.25) is 0 Å². The Morgan fingerprint density at radius 1 is 1.00 bits per heavy atom. The summed E-state index contributed by atoms with van der Waals surface area (Å²) in [6, 6.07) is 22.7. The second kappa shape index (κ2) is 13.0. The number of carbonyl (C=O) groups excluding carboxylic acids is 2. The third kappa shape index (κ3) is 7.33. The number of nitrogens with zero attached hydrogens (tertiary/aromatic N) is 1. The van der Waals surface area contributed by atoms with Crippen molar-refractivity contribution in [2.75, 3.05) is 7.11 Å². The molecule has 0 bridgehead atoms. The van der Waals surface area contributed by atoms with E-state index in [2.05, 4.69) is 15.5 Å². The van der Waals surface area contributed by atoms with Crippen molar-refractivity contribution < 1.29 is 28.6 Å². The van der Waals surface area contributed by atoms with Crippen LogP contribution in [-0.2, 0) is 16.0 Å². The maximum Gasteiger partial charge on any atom is 0.335 e. The van der Waals surface area contributed by atoms with Crippen LogP contribution in [0.1, 0.15) is 36.3 Å². The first-order valence-corrected chi connectivity index (χ1v) is 13.0. The smallest absolute Gasteiger partial charge is 0.335 e. The zero-order chi connectivity index (χ0) is 28.6. The number of esters is 1. The van der Waals surface area contributed by atoms with Crippen LogP contribution in [0.5, 0.6) is 5.75 Å². The van der Waals surface area contributed by atoms with Gasteiger partial charge in [0.25, 0.3) is 5.91 Å². The van der Waals surface area contributed by atoms with Crippen molar-refractivity contribution >= 4 is 11.9 Å². The fraction of sp³-hybridized carbons (Fsp3) is 0.258. The Labute approximate surface area is 232 Å². The van der Waals surface area contributed by atoms with Crippen LogP contribution in [0.15, 0.2) is 78.9 Å². The number of halogens is 1. The summed E-state index contributed by atoms with van der Waals surface area (Å²) in [5, 5.41) is 20.3. The van der Waals surface area contributed by atoms with Gasteiger partial charge in [-0.3, -0.25) is 9.89 Å². The Morgan fingerprint density at radius 2 is 1.70 bits per heavy atom. The number of aliphatic hydroxyl groups excluding tert-OH is 1. The predicted molar refractivity (Wildman–Crippen MR) is 149 cm³/mol. The maximum atomic E-state index is 13.9. The van der Waals surface area contributed by atoms with E-state index < -0.39 is 29.8 Å². The van der Waals surface area contributed by atoms with Crippen LogP contribution in [0.2, 0.25) is 0 Å². The molecule has 0 saturated heterocycles. The summed E-state index contributed by atoms with van der Waals surface area (Å²) in [5.74, 6) is -1.31. The van der Waals surface area contributed by atoms with Crippen LogP contribution >= 0.6 is 0 Å². The molecule has 208 valence electrons. The van der Waals surface area contributed by atoms with E-state index in [1.54, 1.807) is 13.8 Å². The Hall–Kier alpha value is -4.50. The van der Waals surface area contributed by atoms with E-state index in [1.807, 2.05) is 54.6 Å². The molecule has 9 heteroatoms. The normalized spacial score (nSPS) is 12.6. The number of hydrogen-bond donors (Lipinski definition) is 3. The van der Waals surface area contributed by atoms with Crippen LogP contribution in [0.3, 0.4) is 0 Å². The number of methoxy groups -OCH3 is 1. The van der Waals surface area contributed by atoms with Crippen molar-refractivity contribution in [1.82, 2.24) is 15.5 Å². The van der Waals surface area contributed by atoms with E-state index in [9.17, 15) is 19.1 Å². The minimum absolute atomic E-state index is 0.0591. The van der Waals surface area contributed by atoms with Gasteiger partial charge in [0.05, 0.1) is 18.9 Å². The van der Waals surface area contributed by atoms with E-state index in [0.29, 0.717) is 23.4 Å². The molecule has 1 heterocycles. The van der Waals surface area contributed by atoms with Crippen LogP contribution in [0, 0.1) is 5.82 Å². The van der Waals surface area contributed by atoms with Crippen molar-refractivity contribution in [3.63, 3.8) is 0 Å². The maximum absolute atomic E-state index is 13.9. The van der Waals surface area contributed by atoms with E-state index in [4.69, 9.17) is 9.47 Å². The summed E-state index contributed by atoms with van der Waals surface area (Å²) in [4.78, 5) is 25.5. The summed E-state index contributed by atoms with van der Waals surface area (Å²) in [6.45, 7) is 3.39. The van der Waals surface area contributed by atoms with Crippen molar-refractivity contribution in [3.05, 3.63) is 95.9 Å². The molecule has 0 aliphatic carbocycles. The molecule has 3 N–H and O–H groups in total. The number of benzene rings is 3. The Morgan fingerprint density at radius 3 is 2.38 bits per heavy atom. The van der Waals surface area contributed by atoms with Crippen LogP contribution in [0.25, 0.3) is 22.4 Å². The highest BCUT2D eigenvalue weighted by Gasteiger charge is 2.25. The molecular weight excluding hydrogens is 513 g/mol. The van der Waals surface area contributed by atoms with Crippen LogP contribution < -0.4 is 10.1 Å². The lowest BCUT2D eigenvalue weighted by Crippen LogP contribution is -2.41. The summed E-state index contributed by atoms with van der Waals surface area (Å²) in [5.41, 5.74) is 3.88. The largest absolute Gasteiger partial charge is 0.496 e. The van der Waals surface area contributed by atoms with Crippen molar-refractivity contribution in [3.8, 4) is 28.1 Å². The first-order valence-electron chi connectivity index (χ1n) is 13.0. The molecule has 0 aliphatic heterocycles. The molecule has 4 rings (SSSR count). The second-order valence-electron chi connectivity index (χ2n) is 9.69. The second-order valence-corrected chi connectivity index (χ2v) is 9.69. The minimum atomic E-state index is -1.43. The molecular formula is C31H32FN3O5. The first-order chi connectivity index (χ1) is 19.2. The number of nitrogens with one attached hydrogen (secondary N) is 2. The molecule has 0 aliphatic rings. The van der Waals surface area contributed by atoms with Crippen LogP contribution in [-0.4, -0.2) is 52.5 Å². The monoisotopic (exact) mass is 545 g/mol. The molecule has 1 aromatic heterocycles. The van der Waals surface area contributed by atoms with Crippen LogP contribution in [0.4, 0.5) is 4.39 Å². The molecule has 1 amide bonds. The number of aromatic amines is 1. The standard InChI is InChI=1S/C31H32FN3O5/c1-19(2)40-31(38)28(36)17-24(15-20-9-11-22(12-10-20)21-7-5-4-6-8-21)33-30(37)27-18-26(34-35-27)25-16-23(32)13-14-29(25)39-3/h4-14,16,18-19,24,28,36H,15,17H2,1-3H3,(H,33,37)(H,34,35). The number of ether oxygens (including phenoxy) is 2. The Bertz CT molecular complexity index is 1440. The van der Waals surface area contributed by atoms with Gasteiger partial charge in [-0.05, 0) is 61.2 Å². The highest BCUT2D eigenvalue weighted by Crippen LogP contribution is 2.29. The summed E-state index contributed by atoms with van der Waals surface area (Å²) in [7, 11) is 1.46. The number of hydrogen-bond acceptors (Lipinski definition) is 6. The fourth-order valence-electron chi connectivity index (χ4n) is 4.34. The summed E-state index contributed by atoms with van der Waals surface area (Å²) < 4.78 is 24.3. The third-order valence-electron chi connectivity index (χ3n) is 6.27. The zero-order valence-electron chi connectivity index (χ0n) is 22.6. The molecule has 2 atom stereocenters. The van der Waals surface area contributed by atoms with E-state index >= 15 is 0 Å². The summed E-state index contributed by atoms with van der Waals surface area (Å²) >= 11 is 0. The van der Waals surface area contributed by atoms with E-state index in [-0.39, 0.29) is 18.2 Å². The van der Waals surface area contributed by atoms with Gasteiger partial charge in [-0.1, -0.05) is 54.6 Å². The molecule has 0 saturated carbocycles. The number of amides is 1. The highest BCUT2D eigenvalue weighted by molar-refractivity contribution is 5.93. The average Bonchev–Trinajstić information content (AvgIpc) is 3.44. The molecule has 2 unspecified atom stereocenters. The van der Waals surface area contributed by atoms with Gasteiger partial charge >= 0.3 is 5.97 Å². The number of aromatic nitrogens is 2. The van der Waals surface area contributed by atoms with Crippen molar-refractivity contribution in [2.45, 2.75) is 44.9 Å². The number of rotatable bonds is 11. The van der Waals surface area contributed by atoms with Gasteiger partial charge in [0.1, 0.15) is 17.3 Å². The topological polar surface area (TPSA) is 114 Å². The van der Waals surface area contributed by atoms with Gasteiger partial charge in [0, 0.05) is 18.0 Å². The zero-order valence-corrected chi connectivity index (χ0v) is 22.6. The van der Waals surface area contributed by atoms with Crippen molar-refractivity contribution in [2.24, 2.45) is 0 Å². The molecule has 3 aromatic carbocycles. The molecule has 0 fully saturated rings. The van der Waals surface area contributed by atoms with E-state index in [0.717, 1.165) is 16.7 Å². The lowest BCUT2D eigenvalue weighted by Gasteiger charge is -2.22. The molecule has 0 spiro atoms. The quantitative estimate of drug-likeness (QED) is 0.230. The van der Waals surface area contributed by atoms with Gasteiger partial charge in [-0.2, -0.15) is 5.10 Å². The number of H-pyrrole nitrogens is 1. The predicted octanol–water partition coefficient (Wildman–Crippen LogP) is 4.94. The Kier molecular flexibility index (Phi) is 9.29. The molecule has 8 nitrogen and oxygen atoms in total. The number of carbonyl (C=O) groups is 2.